The SMILES string of the molecule is CCNC(=O)CN1C[C@@H]2COC[C@]2(C(=O)NCCOc2nonc2C)C1.O=CO. The van der Waals surface area contributed by atoms with Gasteiger partial charge < -0.3 is 25.2 Å². The van der Waals surface area contributed by atoms with E-state index in [1.807, 2.05) is 11.8 Å². The summed E-state index contributed by atoms with van der Waals surface area (Å²) < 4.78 is 15.5. The molecule has 0 aliphatic carbocycles. The Morgan fingerprint density at radius 3 is 2.83 bits per heavy atom. The molecule has 12 nitrogen and oxygen atoms in total. The van der Waals surface area contributed by atoms with Crippen molar-refractivity contribution in [1.82, 2.24) is 25.8 Å². The number of carbonyl (C=O) groups excluding carboxylic acids is 2. The van der Waals surface area contributed by atoms with Crippen molar-refractivity contribution in [3.63, 3.8) is 0 Å². The largest absolute Gasteiger partial charge is 0.483 e. The van der Waals surface area contributed by atoms with Crippen LogP contribution in [0, 0.1) is 18.3 Å². The van der Waals surface area contributed by atoms with Crippen molar-refractivity contribution >= 4 is 18.3 Å². The van der Waals surface area contributed by atoms with Gasteiger partial charge in [0.2, 0.25) is 11.8 Å². The summed E-state index contributed by atoms with van der Waals surface area (Å²) >= 11 is 0. The second kappa shape index (κ2) is 10.7. The Balaban J connectivity index is 0.000000941. The summed E-state index contributed by atoms with van der Waals surface area (Å²) in [7, 11) is 0. The number of hydrogen-bond donors (Lipinski definition) is 3. The van der Waals surface area contributed by atoms with Gasteiger partial charge in [0.25, 0.3) is 12.4 Å². The van der Waals surface area contributed by atoms with Crippen LogP contribution in [0.15, 0.2) is 4.63 Å². The number of likely N-dealkylation sites (tertiary alicyclic amines) is 1. The minimum absolute atomic E-state index is 0.0195. The molecule has 0 spiro atoms. The summed E-state index contributed by atoms with van der Waals surface area (Å²) in [6.07, 6.45) is 0. The summed E-state index contributed by atoms with van der Waals surface area (Å²) in [6.45, 7) is 7.01. The fourth-order valence-electron chi connectivity index (χ4n) is 3.58. The predicted molar refractivity (Wildman–Crippen MR) is 98.1 cm³/mol. The molecule has 2 atom stereocenters. The Bertz CT molecular complexity index is 697. The summed E-state index contributed by atoms with van der Waals surface area (Å²) in [6, 6.07) is 0. The van der Waals surface area contributed by atoms with E-state index < -0.39 is 5.41 Å². The Hall–Kier alpha value is -2.73. The van der Waals surface area contributed by atoms with Gasteiger partial charge in [-0.2, -0.15) is 0 Å². The molecule has 2 fully saturated rings. The normalized spacial score (nSPS) is 22.9. The minimum Gasteiger partial charge on any atom is -0.483 e. The van der Waals surface area contributed by atoms with E-state index in [4.69, 9.17) is 19.4 Å². The first-order valence-electron chi connectivity index (χ1n) is 9.31. The first-order chi connectivity index (χ1) is 14.0. The molecule has 0 bridgehead atoms. The van der Waals surface area contributed by atoms with Gasteiger partial charge in [0, 0.05) is 25.6 Å². The fraction of sp³-hybridized carbons (Fsp3) is 0.706. The fourth-order valence-corrected chi connectivity index (χ4v) is 3.58. The predicted octanol–water partition coefficient (Wildman–Crippen LogP) is -1.34. The van der Waals surface area contributed by atoms with Crippen LogP contribution in [-0.4, -0.2) is 91.2 Å². The van der Waals surface area contributed by atoms with Crippen LogP contribution in [0.5, 0.6) is 5.88 Å². The van der Waals surface area contributed by atoms with Gasteiger partial charge in [0.1, 0.15) is 12.3 Å². The molecule has 2 aliphatic rings. The molecule has 2 amide bonds. The first kappa shape index (κ1) is 22.6. The highest BCUT2D eigenvalue weighted by Gasteiger charge is 2.55. The van der Waals surface area contributed by atoms with E-state index in [-0.39, 0.29) is 30.8 Å². The number of carboxylic acid groups (broad SMARTS) is 1. The number of aryl methyl sites for hydroxylation is 1. The number of ether oxygens (including phenoxy) is 2. The van der Waals surface area contributed by atoms with Crippen molar-refractivity contribution < 1.29 is 33.6 Å². The zero-order chi connectivity index (χ0) is 21.3. The molecular formula is C17H27N5O7. The third-order valence-electron chi connectivity index (χ3n) is 4.88. The summed E-state index contributed by atoms with van der Waals surface area (Å²) in [5, 5.41) is 19.9. The third-order valence-corrected chi connectivity index (χ3v) is 4.88. The molecule has 12 heteroatoms. The molecule has 0 saturated carbocycles. The van der Waals surface area contributed by atoms with Crippen LogP contribution in [0.2, 0.25) is 0 Å². The summed E-state index contributed by atoms with van der Waals surface area (Å²) in [5.41, 5.74) is -0.0336. The second-order valence-corrected chi connectivity index (χ2v) is 6.86. The Morgan fingerprint density at radius 2 is 2.17 bits per heavy atom. The van der Waals surface area contributed by atoms with Crippen LogP contribution in [0.25, 0.3) is 0 Å². The van der Waals surface area contributed by atoms with Gasteiger partial charge in [-0.15, -0.1) is 0 Å². The molecule has 0 radical (unpaired) electrons. The van der Waals surface area contributed by atoms with E-state index in [9.17, 15) is 9.59 Å². The van der Waals surface area contributed by atoms with Gasteiger partial charge >= 0.3 is 0 Å². The number of hydrogen-bond acceptors (Lipinski definition) is 9. The zero-order valence-electron chi connectivity index (χ0n) is 16.5. The zero-order valence-corrected chi connectivity index (χ0v) is 16.5. The minimum atomic E-state index is -0.599. The van der Waals surface area contributed by atoms with Crippen LogP contribution < -0.4 is 15.4 Å². The van der Waals surface area contributed by atoms with Crippen molar-refractivity contribution in [2.24, 2.45) is 11.3 Å². The molecule has 0 unspecified atom stereocenters. The summed E-state index contributed by atoms with van der Waals surface area (Å²) in [4.78, 5) is 35.0. The number of likely N-dealkylation sites (N-methyl/N-ethyl adjacent to an activating group) is 1. The highest BCUT2D eigenvalue weighted by molar-refractivity contribution is 5.84. The van der Waals surface area contributed by atoms with Crippen LogP contribution in [0.3, 0.4) is 0 Å². The Kier molecular flexibility index (Phi) is 8.34. The molecule has 3 heterocycles. The van der Waals surface area contributed by atoms with Gasteiger partial charge in [-0.3, -0.25) is 19.3 Å². The number of nitrogens with zero attached hydrogens (tertiary/aromatic N) is 3. The van der Waals surface area contributed by atoms with Crippen LogP contribution in [0.4, 0.5) is 0 Å². The number of aromatic nitrogens is 2. The third kappa shape index (κ3) is 5.64. The van der Waals surface area contributed by atoms with E-state index in [0.717, 1.165) is 0 Å². The standard InChI is InChI=1S/C16H25N5O5.CH2O2/c1-3-17-13(22)7-21-6-12-8-24-10-16(12,9-21)15(23)18-4-5-25-14-11(2)19-26-20-14;2-1-3/h12H,3-10H2,1-2H3,(H,17,22)(H,18,23);1H,(H,2,3)/t12-,16-;/m1./s1. The maximum absolute atomic E-state index is 12.8. The van der Waals surface area contributed by atoms with E-state index in [0.29, 0.717) is 57.5 Å². The number of rotatable bonds is 8. The van der Waals surface area contributed by atoms with Crippen molar-refractivity contribution in [3.05, 3.63) is 5.69 Å². The molecular weight excluding hydrogens is 386 g/mol. The van der Waals surface area contributed by atoms with Crippen molar-refractivity contribution in [2.75, 3.05) is 52.5 Å². The lowest BCUT2D eigenvalue weighted by atomic mass is 9.80. The van der Waals surface area contributed by atoms with E-state index in [2.05, 4.69) is 25.6 Å². The number of carbonyl (C=O) groups is 3. The van der Waals surface area contributed by atoms with E-state index >= 15 is 0 Å². The average Bonchev–Trinajstić information content (AvgIpc) is 3.34. The second-order valence-electron chi connectivity index (χ2n) is 6.86. The Labute approximate surface area is 167 Å². The van der Waals surface area contributed by atoms with Crippen molar-refractivity contribution in [2.45, 2.75) is 13.8 Å². The lowest BCUT2D eigenvalue weighted by Gasteiger charge is -2.26. The topological polar surface area (TPSA) is 156 Å². The lowest BCUT2D eigenvalue weighted by Crippen LogP contribution is -2.48. The van der Waals surface area contributed by atoms with E-state index in [1.165, 1.54) is 0 Å². The monoisotopic (exact) mass is 413 g/mol. The summed E-state index contributed by atoms with van der Waals surface area (Å²) in [5.74, 6) is 0.347. The number of fused-ring (bicyclic) bond motifs is 1. The molecule has 2 saturated heterocycles. The molecule has 162 valence electrons. The van der Waals surface area contributed by atoms with Gasteiger partial charge in [-0.25, -0.2) is 4.63 Å². The molecule has 1 aromatic heterocycles. The van der Waals surface area contributed by atoms with Gasteiger partial charge in [0.15, 0.2) is 0 Å². The quantitative estimate of drug-likeness (QED) is 0.344. The smallest absolute Gasteiger partial charge is 0.290 e. The molecule has 3 rings (SSSR count). The highest BCUT2D eigenvalue weighted by atomic mass is 16.6. The molecule has 0 aromatic carbocycles. The van der Waals surface area contributed by atoms with Gasteiger partial charge in [-0.1, -0.05) is 5.16 Å². The lowest BCUT2D eigenvalue weighted by molar-refractivity contribution is -0.132. The van der Waals surface area contributed by atoms with Crippen LogP contribution >= 0.6 is 0 Å². The molecule has 1 aromatic rings. The maximum Gasteiger partial charge on any atom is 0.290 e. The Morgan fingerprint density at radius 1 is 1.41 bits per heavy atom. The first-order valence-corrected chi connectivity index (χ1v) is 9.31. The molecule has 29 heavy (non-hydrogen) atoms. The van der Waals surface area contributed by atoms with Crippen molar-refractivity contribution in [1.29, 1.82) is 0 Å². The number of amides is 2. The van der Waals surface area contributed by atoms with Crippen molar-refractivity contribution in [3.8, 4) is 5.88 Å². The van der Waals surface area contributed by atoms with Crippen LogP contribution in [-0.2, 0) is 19.1 Å². The van der Waals surface area contributed by atoms with Gasteiger partial charge in [-0.05, 0) is 19.0 Å². The van der Waals surface area contributed by atoms with Gasteiger partial charge in [0.05, 0.1) is 31.7 Å². The maximum atomic E-state index is 12.8. The molecule has 2 aliphatic heterocycles. The van der Waals surface area contributed by atoms with Crippen LogP contribution in [0.1, 0.15) is 12.6 Å². The molecule has 3 N–H and O–H groups in total. The van der Waals surface area contributed by atoms with E-state index in [1.54, 1.807) is 6.92 Å². The highest BCUT2D eigenvalue weighted by Crippen LogP contribution is 2.41. The average molecular weight is 413 g/mol. The number of nitrogens with one attached hydrogen (secondary N) is 2.